The van der Waals surface area contributed by atoms with E-state index in [1.54, 1.807) is 42.5 Å². The van der Waals surface area contributed by atoms with Gasteiger partial charge in [0.25, 0.3) is 0 Å². The van der Waals surface area contributed by atoms with Crippen molar-refractivity contribution in [3.8, 4) is 5.75 Å². The zero-order valence-corrected chi connectivity index (χ0v) is 26.8. The van der Waals surface area contributed by atoms with Gasteiger partial charge in [0.2, 0.25) is 21.8 Å². The smallest absolute Gasteiger partial charge is 0.244 e. The predicted octanol–water partition coefficient (Wildman–Crippen LogP) is 5.71. The van der Waals surface area contributed by atoms with Crippen LogP contribution in [0, 0.1) is 0 Å². The number of halogens is 2. The Labute approximate surface area is 258 Å². The minimum Gasteiger partial charge on any atom is -0.494 e. The minimum atomic E-state index is -3.89. The summed E-state index contributed by atoms with van der Waals surface area (Å²) in [5, 5.41) is 3.73. The third-order valence-corrected chi connectivity index (χ3v) is 7.97. The average Bonchev–Trinajstić information content (AvgIpc) is 2.90. The molecule has 0 fully saturated rings. The molecule has 0 aromatic heterocycles. The molecule has 1 N–H and O–H groups in total. The number of hydrogen-bond donors (Lipinski definition) is 1. The van der Waals surface area contributed by atoms with E-state index >= 15 is 0 Å². The lowest BCUT2D eigenvalue weighted by molar-refractivity contribution is -0.140. The van der Waals surface area contributed by atoms with Crippen LogP contribution in [-0.4, -0.2) is 56.1 Å². The molecular formula is C31H37Cl2N3O5S. The Bertz CT molecular complexity index is 1480. The maximum absolute atomic E-state index is 14.2. The standard InChI is InChI=1S/C31H37Cl2N3O5S/c1-6-41-26-16-14-25(15-17-26)36(42(5,39)40)21-29(37)35(20-23-12-13-24(32)19-27(23)33)28(30(38)34-31(2,3)4)18-22-10-8-7-9-11-22/h7-17,19,28H,6,18,20-21H2,1-5H3,(H,34,38)/t28-/m1/s1. The van der Waals surface area contributed by atoms with Crippen LogP contribution in [0.2, 0.25) is 10.0 Å². The number of carbonyl (C=O) groups excluding carboxylic acids is 2. The number of nitrogens with zero attached hydrogens (tertiary/aromatic N) is 2. The van der Waals surface area contributed by atoms with Gasteiger partial charge in [-0.05, 0) is 75.2 Å². The van der Waals surface area contributed by atoms with Gasteiger partial charge in [-0.1, -0.05) is 59.6 Å². The molecule has 0 saturated carbocycles. The summed E-state index contributed by atoms with van der Waals surface area (Å²) in [6.45, 7) is 7.27. The highest BCUT2D eigenvalue weighted by Gasteiger charge is 2.34. The molecule has 42 heavy (non-hydrogen) atoms. The Morgan fingerprint density at radius 2 is 1.62 bits per heavy atom. The normalized spacial score (nSPS) is 12.4. The fraction of sp³-hybridized carbons (Fsp3) is 0.355. The second kappa shape index (κ2) is 14.3. The van der Waals surface area contributed by atoms with Gasteiger partial charge in [-0.3, -0.25) is 13.9 Å². The van der Waals surface area contributed by atoms with Crippen LogP contribution in [0.3, 0.4) is 0 Å². The molecule has 1 atom stereocenters. The lowest BCUT2D eigenvalue weighted by atomic mass is 10.0. The first-order valence-electron chi connectivity index (χ1n) is 13.5. The predicted molar refractivity (Wildman–Crippen MR) is 169 cm³/mol. The van der Waals surface area contributed by atoms with E-state index in [1.165, 1.54) is 4.90 Å². The van der Waals surface area contributed by atoms with Crippen LogP contribution >= 0.6 is 23.2 Å². The Balaban J connectivity index is 2.08. The topological polar surface area (TPSA) is 96.0 Å². The molecule has 0 aliphatic carbocycles. The summed E-state index contributed by atoms with van der Waals surface area (Å²) in [4.78, 5) is 29.3. The summed E-state index contributed by atoms with van der Waals surface area (Å²) < 4.78 is 32.4. The summed E-state index contributed by atoms with van der Waals surface area (Å²) in [5.41, 5.74) is 1.10. The molecule has 226 valence electrons. The zero-order chi connectivity index (χ0) is 31.1. The highest BCUT2D eigenvalue weighted by molar-refractivity contribution is 7.92. The Kier molecular flexibility index (Phi) is 11.3. The summed E-state index contributed by atoms with van der Waals surface area (Å²) in [6.07, 6.45) is 1.23. The quantitative estimate of drug-likeness (QED) is 0.275. The first-order chi connectivity index (χ1) is 19.7. The molecule has 3 rings (SSSR count). The number of hydrogen-bond acceptors (Lipinski definition) is 5. The molecule has 0 bridgehead atoms. The van der Waals surface area contributed by atoms with Crippen molar-refractivity contribution < 1.29 is 22.7 Å². The molecule has 0 spiro atoms. The first-order valence-corrected chi connectivity index (χ1v) is 16.1. The van der Waals surface area contributed by atoms with E-state index in [2.05, 4.69) is 5.32 Å². The molecule has 3 aromatic carbocycles. The number of ether oxygens (including phenoxy) is 1. The maximum atomic E-state index is 14.2. The van der Waals surface area contributed by atoms with E-state index in [-0.39, 0.29) is 24.6 Å². The molecule has 0 aliphatic heterocycles. The van der Waals surface area contributed by atoms with Gasteiger partial charge in [-0.15, -0.1) is 0 Å². The third kappa shape index (κ3) is 9.64. The van der Waals surface area contributed by atoms with Crippen molar-refractivity contribution in [2.45, 2.75) is 52.2 Å². The third-order valence-electron chi connectivity index (χ3n) is 6.24. The van der Waals surface area contributed by atoms with Crippen LogP contribution in [0.4, 0.5) is 5.69 Å². The molecule has 0 unspecified atom stereocenters. The van der Waals surface area contributed by atoms with Crippen molar-refractivity contribution in [3.63, 3.8) is 0 Å². The van der Waals surface area contributed by atoms with E-state index in [9.17, 15) is 18.0 Å². The van der Waals surface area contributed by atoms with Crippen LogP contribution < -0.4 is 14.4 Å². The SMILES string of the molecule is CCOc1ccc(N(CC(=O)N(Cc2ccc(Cl)cc2Cl)[C@H](Cc2ccccc2)C(=O)NC(C)(C)C)S(C)(=O)=O)cc1. The largest absolute Gasteiger partial charge is 0.494 e. The monoisotopic (exact) mass is 633 g/mol. The van der Waals surface area contributed by atoms with Gasteiger partial charge >= 0.3 is 0 Å². The van der Waals surface area contributed by atoms with Crippen molar-refractivity contribution in [2.75, 3.05) is 23.7 Å². The molecule has 8 nitrogen and oxygen atoms in total. The van der Waals surface area contributed by atoms with E-state index in [0.29, 0.717) is 28.0 Å². The van der Waals surface area contributed by atoms with Gasteiger partial charge in [-0.2, -0.15) is 0 Å². The molecule has 2 amide bonds. The molecule has 3 aromatic rings. The Morgan fingerprint density at radius 3 is 2.17 bits per heavy atom. The second-order valence-corrected chi connectivity index (χ2v) is 13.6. The van der Waals surface area contributed by atoms with E-state index in [1.807, 2.05) is 58.0 Å². The first kappa shape index (κ1) is 33.2. The maximum Gasteiger partial charge on any atom is 0.244 e. The van der Waals surface area contributed by atoms with Crippen LogP contribution in [0.5, 0.6) is 5.75 Å². The lowest BCUT2D eigenvalue weighted by Crippen LogP contribution is -2.56. The van der Waals surface area contributed by atoms with Crippen molar-refractivity contribution in [1.29, 1.82) is 0 Å². The number of nitrogens with one attached hydrogen (secondary N) is 1. The van der Waals surface area contributed by atoms with Crippen LogP contribution in [0.15, 0.2) is 72.8 Å². The van der Waals surface area contributed by atoms with Crippen molar-refractivity contribution >= 4 is 50.7 Å². The number of anilines is 1. The lowest BCUT2D eigenvalue weighted by Gasteiger charge is -2.35. The molecule has 0 radical (unpaired) electrons. The number of rotatable bonds is 12. The molecular weight excluding hydrogens is 597 g/mol. The zero-order valence-electron chi connectivity index (χ0n) is 24.4. The number of amides is 2. The van der Waals surface area contributed by atoms with Crippen molar-refractivity contribution in [1.82, 2.24) is 10.2 Å². The summed E-state index contributed by atoms with van der Waals surface area (Å²) in [6, 6.07) is 19.7. The minimum absolute atomic E-state index is 0.0508. The highest BCUT2D eigenvalue weighted by Crippen LogP contribution is 2.26. The van der Waals surface area contributed by atoms with E-state index in [4.69, 9.17) is 27.9 Å². The summed E-state index contributed by atoms with van der Waals surface area (Å²) in [5.74, 6) is -0.385. The fourth-order valence-electron chi connectivity index (χ4n) is 4.33. The van der Waals surface area contributed by atoms with Gasteiger partial charge in [0, 0.05) is 28.5 Å². The van der Waals surface area contributed by atoms with Crippen molar-refractivity contribution in [2.24, 2.45) is 0 Å². The number of carbonyl (C=O) groups is 2. The van der Waals surface area contributed by atoms with E-state index in [0.717, 1.165) is 16.1 Å². The molecule has 0 heterocycles. The Morgan fingerprint density at radius 1 is 0.976 bits per heavy atom. The Hall–Kier alpha value is -3.27. The highest BCUT2D eigenvalue weighted by atomic mass is 35.5. The summed E-state index contributed by atoms with van der Waals surface area (Å²) >= 11 is 12.6. The van der Waals surface area contributed by atoms with Gasteiger partial charge in [0.15, 0.2) is 0 Å². The number of benzene rings is 3. The van der Waals surface area contributed by atoms with E-state index < -0.39 is 34.1 Å². The number of sulfonamides is 1. The van der Waals surface area contributed by atoms with Gasteiger partial charge in [-0.25, -0.2) is 8.42 Å². The van der Waals surface area contributed by atoms with Gasteiger partial charge in [0.1, 0.15) is 18.3 Å². The van der Waals surface area contributed by atoms with Crippen LogP contribution in [0.1, 0.15) is 38.8 Å². The summed E-state index contributed by atoms with van der Waals surface area (Å²) in [7, 11) is -3.89. The fourth-order valence-corrected chi connectivity index (χ4v) is 5.65. The van der Waals surface area contributed by atoms with Crippen LogP contribution in [0.25, 0.3) is 0 Å². The van der Waals surface area contributed by atoms with Gasteiger partial charge in [0.05, 0.1) is 18.6 Å². The van der Waals surface area contributed by atoms with Crippen molar-refractivity contribution in [3.05, 3.63) is 94.0 Å². The molecule has 11 heteroatoms. The second-order valence-electron chi connectivity index (χ2n) is 10.9. The van der Waals surface area contributed by atoms with Crippen LogP contribution in [-0.2, 0) is 32.6 Å². The molecule has 0 saturated heterocycles. The average molecular weight is 635 g/mol. The molecule has 0 aliphatic rings. The van der Waals surface area contributed by atoms with Gasteiger partial charge < -0.3 is 15.0 Å².